The number of methoxy groups -OCH3 is 1. The van der Waals surface area contributed by atoms with Gasteiger partial charge in [0.2, 0.25) is 5.91 Å². The summed E-state index contributed by atoms with van der Waals surface area (Å²) < 4.78 is 11.4. The van der Waals surface area contributed by atoms with Gasteiger partial charge in [-0.3, -0.25) is 9.59 Å². The number of primary amides is 1. The van der Waals surface area contributed by atoms with Crippen molar-refractivity contribution in [2.45, 2.75) is 31.8 Å². The molecule has 0 bridgehead atoms. The van der Waals surface area contributed by atoms with E-state index in [9.17, 15) is 9.59 Å². The summed E-state index contributed by atoms with van der Waals surface area (Å²) in [6, 6.07) is 11.5. The number of anilines is 1. The van der Waals surface area contributed by atoms with Gasteiger partial charge in [0.1, 0.15) is 0 Å². The molecular weight excluding hydrogens is 332 g/mol. The minimum atomic E-state index is -0.527. The molecule has 0 aliphatic heterocycles. The first-order valence-electron chi connectivity index (χ1n) is 8.63. The van der Waals surface area contributed by atoms with Crippen LogP contribution in [0.1, 0.15) is 46.4 Å². The Balaban J connectivity index is 1.73. The zero-order valence-electron chi connectivity index (χ0n) is 14.7. The van der Waals surface area contributed by atoms with Crippen molar-refractivity contribution in [2.75, 3.05) is 12.4 Å². The van der Waals surface area contributed by atoms with E-state index in [1.54, 1.807) is 37.4 Å². The molecule has 1 aliphatic carbocycles. The maximum atomic E-state index is 12.4. The zero-order chi connectivity index (χ0) is 18.5. The van der Waals surface area contributed by atoms with E-state index in [2.05, 4.69) is 5.32 Å². The molecule has 2 aromatic carbocycles. The molecule has 0 atom stereocenters. The van der Waals surface area contributed by atoms with Crippen molar-refractivity contribution in [1.29, 1.82) is 0 Å². The first-order valence-corrected chi connectivity index (χ1v) is 8.63. The molecule has 1 aliphatic rings. The fourth-order valence-electron chi connectivity index (χ4n) is 3.02. The maximum Gasteiger partial charge on any atom is 0.255 e. The standard InChI is InChI=1S/C20H22N2O4/c1-25-17-11-10-15(12-18(17)26-16-4-2-3-5-16)22-20(24)14-8-6-13(7-9-14)19(21)23/h6-12,16H,2-5H2,1H3,(H2,21,23)(H,22,24). The highest BCUT2D eigenvalue weighted by Gasteiger charge is 2.19. The number of carbonyl (C=O) groups excluding carboxylic acids is 2. The Morgan fingerprint density at radius 1 is 1.00 bits per heavy atom. The Morgan fingerprint density at radius 3 is 2.27 bits per heavy atom. The highest BCUT2D eigenvalue weighted by atomic mass is 16.5. The van der Waals surface area contributed by atoms with Gasteiger partial charge in [0.05, 0.1) is 13.2 Å². The second kappa shape index (κ2) is 7.91. The molecule has 0 saturated heterocycles. The van der Waals surface area contributed by atoms with Crippen molar-refractivity contribution in [1.82, 2.24) is 0 Å². The molecule has 1 fully saturated rings. The molecule has 2 amide bonds. The summed E-state index contributed by atoms with van der Waals surface area (Å²) in [5, 5.41) is 2.83. The normalized spacial score (nSPS) is 14.0. The number of hydrogen-bond acceptors (Lipinski definition) is 4. The summed E-state index contributed by atoms with van der Waals surface area (Å²) in [6.45, 7) is 0. The number of amides is 2. The number of benzene rings is 2. The molecule has 6 heteroatoms. The number of hydrogen-bond donors (Lipinski definition) is 2. The van der Waals surface area contributed by atoms with Gasteiger partial charge >= 0.3 is 0 Å². The molecule has 3 N–H and O–H groups in total. The van der Waals surface area contributed by atoms with Crippen LogP contribution < -0.4 is 20.5 Å². The third kappa shape index (κ3) is 4.14. The maximum absolute atomic E-state index is 12.4. The Labute approximate surface area is 152 Å². The summed E-state index contributed by atoms with van der Waals surface area (Å²) in [7, 11) is 1.59. The number of nitrogens with two attached hydrogens (primary N) is 1. The molecule has 0 aromatic heterocycles. The van der Waals surface area contributed by atoms with Crippen LogP contribution in [0.3, 0.4) is 0 Å². The second-order valence-electron chi connectivity index (χ2n) is 6.29. The highest BCUT2D eigenvalue weighted by Crippen LogP contribution is 2.34. The van der Waals surface area contributed by atoms with Gasteiger partial charge in [-0.05, 0) is 62.1 Å². The average Bonchev–Trinajstić information content (AvgIpc) is 3.15. The third-order valence-electron chi connectivity index (χ3n) is 4.45. The monoisotopic (exact) mass is 354 g/mol. The van der Waals surface area contributed by atoms with Gasteiger partial charge in [-0.1, -0.05) is 0 Å². The minimum absolute atomic E-state index is 0.191. The molecule has 0 spiro atoms. The van der Waals surface area contributed by atoms with Gasteiger partial charge in [0.15, 0.2) is 11.5 Å². The Kier molecular flexibility index (Phi) is 5.41. The smallest absolute Gasteiger partial charge is 0.255 e. The lowest BCUT2D eigenvalue weighted by molar-refractivity contribution is 0.0995. The van der Waals surface area contributed by atoms with Crippen molar-refractivity contribution < 1.29 is 19.1 Å². The average molecular weight is 354 g/mol. The number of ether oxygens (including phenoxy) is 2. The molecule has 0 heterocycles. The van der Waals surface area contributed by atoms with Crippen molar-refractivity contribution in [3.8, 4) is 11.5 Å². The predicted molar refractivity (Wildman–Crippen MR) is 98.8 cm³/mol. The van der Waals surface area contributed by atoms with E-state index < -0.39 is 5.91 Å². The molecule has 2 aromatic rings. The van der Waals surface area contributed by atoms with Gasteiger partial charge in [-0.2, -0.15) is 0 Å². The molecule has 136 valence electrons. The summed E-state index contributed by atoms with van der Waals surface area (Å²) in [6.07, 6.45) is 4.60. The molecule has 0 unspecified atom stereocenters. The Hall–Kier alpha value is -3.02. The first kappa shape index (κ1) is 17.8. The van der Waals surface area contributed by atoms with Crippen LogP contribution in [0.5, 0.6) is 11.5 Å². The van der Waals surface area contributed by atoms with Gasteiger partial charge in [-0.15, -0.1) is 0 Å². The topological polar surface area (TPSA) is 90.6 Å². The van der Waals surface area contributed by atoms with Crippen LogP contribution in [-0.4, -0.2) is 25.0 Å². The van der Waals surface area contributed by atoms with Crippen LogP contribution in [0.25, 0.3) is 0 Å². The van der Waals surface area contributed by atoms with Gasteiger partial charge < -0.3 is 20.5 Å². The lowest BCUT2D eigenvalue weighted by Crippen LogP contribution is -2.15. The van der Waals surface area contributed by atoms with Crippen LogP contribution in [-0.2, 0) is 0 Å². The van der Waals surface area contributed by atoms with E-state index in [-0.39, 0.29) is 12.0 Å². The van der Waals surface area contributed by atoms with Crippen molar-refractivity contribution in [3.05, 3.63) is 53.6 Å². The van der Waals surface area contributed by atoms with Crippen LogP contribution in [0.15, 0.2) is 42.5 Å². The lowest BCUT2D eigenvalue weighted by Gasteiger charge is -2.17. The SMILES string of the molecule is COc1ccc(NC(=O)c2ccc(C(N)=O)cc2)cc1OC1CCCC1. The van der Waals surface area contributed by atoms with Crippen LogP contribution in [0.4, 0.5) is 5.69 Å². The second-order valence-corrected chi connectivity index (χ2v) is 6.29. The summed E-state index contributed by atoms with van der Waals surface area (Å²) >= 11 is 0. The number of nitrogens with one attached hydrogen (secondary N) is 1. The van der Waals surface area contributed by atoms with E-state index >= 15 is 0 Å². The molecule has 26 heavy (non-hydrogen) atoms. The minimum Gasteiger partial charge on any atom is -0.493 e. The van der Waals surface area contributed by atoms with E-state index in [0.29, 0.717) is 28.3 Å². The third-order valence-corrected chi connectivity index (χ3v) is 4.45. The van der Waals surface area contributed by atoms with Gasteiger partial charge in [0.25, 0.3) is 5.91 Å². The summed E-state index contributed by atoms with van der Waals surface area (Å²) in [5.41, 5.74) is 6.62. The number of rotatable bonds is 6. The number of carbonyl (C=O) groups is 2. The van der Waals surface area contributed by atoms with Crippen molar-refractivity contribution in [3.63, 3.8) is 0 Å². The lowest BCUT2D eigenvalue weighted by atomic mass is 10.1. The fraction of sp³-hybridized carbons (Fsp3) is 0.300. The molecular formula is C20H22N2O4. The predicted octanol–water partition coefficient (Wildman–Crippen LogP) is 3.37. The summed E-state index contributed by atoms with van der Waals surface area (Å²) in [5.74, 6) is 0.459. The quantitative estimate of drug-likeness (QED) is 0.832. The van der Waals surface area contributed by atoms with Crippen LogP contribution in [0.2, 0.25) is 0 Å². The fourth-order valence-corrected chi connectivity index (χ4v) is 3.02. The van der Waals surface area contributed by atoms with E-state index in [1.165, 1.54) is 25.0 Å². The Bertz CT molecular complexity index is 796. The van der Waals surface area contributed by atoms with Crippen molar-refractivity contribution >= 4 is 17.5 Å². The van der Waals surface area contributed by atoms with Gasteiger partial charge in [-0.25, -0.2) is 0 Å². The van der Waals surface area contributed by atoms with Crippen molar-refractivity contribution in [2.24, 2.45) is 5.73 Å². The molecule has 6 nitrogen and oxygen atoms in total. The largest absolute Gasteiger partial charge is 0.493 e. The van der Waals surface area contributed by atoms with E-state index in [0.717, 1.165) is 12.8 Å². The zero-order valence-corrected chi connectivity index (χ0v) is 14.7. The van der Waals surface area contributed by atoms with E-state index in [1.807, 2.05) is 0 Å². The Morgan fingerprint density at radius 2 is 1.65 bits per heavy atom. The molecule has 3 rings (SSSR count). The highest BCUT2D eigenvalue weighted by molar-refractivity contribution is 6.05. The summed E-state index contributed by atoms with van der Waals surface area (Å²) in [4.78, 5) is 23.5. The van der Waals surface area contributed by atoms with E-state index in [4.69, 9.17) is 15.2 Å². The van der Waals surface area contributed by atoms with Crippen LogP contribution in [0, 0.1) is 0 Å². The van der Waals surface area contributed by atoms with Gasteiger partial charge in [0, 0.05) is 22.9 Å². The molecule has 0 radical (unpaired) electrons. The first-order chi connectivity index (χ1) is 12.6. The molecule has 1 saturated carbocycles. The van der Waals surface area contributed by atoms with Crippen LogP contribution >= 0.6 is 0 Å².